The molecule has 2 fully saturated rings. The van der Waals surface area contributed by atoms with Gasteiger partial charge in [0.05, 0.1) is 44.8 Å². The lowest BCUT2D eigenvalue weighted by atomic mass is 9.63. The van der Waals surface area contributed by atoms with Crippen LogP contribution in [0, 0.1) is 0 Å². The van der Waals surface area contributed by atoms with Crippen molar-refractivity contribution in [3.05, 3.63) is 52.5 Å². The third kappa shape index (κ3) is 12.8. The molecule has 14 heteroatoms. The van der Waals surface area contributed by atoms with Gasteiger partial charge in [-0.3, -0.25) is 9.97 Å². The third-order valence-electron chi connectivity index (χ3n) is 9.17. The van der Waals surface area contributed by atoms with Crippen molar-refractivity contribution >= 4 is 43.3 Å². The van der Waals surface area contributed by atoms with Crippen LogP contribution >= 0.6 is 15.9 Å². The van der Waals surface area contributed by atoms with Gasteiger partial charge < -0.3 is 39.0 Å². The first-order chi connectivity index (χ1) is 21.1. The molecule has 2 aliphatic heterocycles. The van der Waals surface area contributed by atoms with Gasteiger partial charge in [-0.2, -0.15) is 0 Å². The van der Waals surface area contributed by atoms with Crippen LogP contribution in [0.5, 0.6) is 0 Å². The number of halogens is 1. The molecule has 0 saturated carbocycles. The molecule has 268 valence electrons. The molecule has 0 atom stereocenters. The summed E-state index contributed by atoms with van der Waals surface area (Å²) in [6.07, 6.45) is 6.73. The first-order valence-electron chi connectivity index (χ1n) is 16.1. The summed E-state index contributed by atoms with van der Waals surface area (Å²) in [4.78, 5) is 8.11. The van der Waals surface area contributed by atoms with Gasteiger partial charge in [-0.1, -0.05) is 6.07 Å². The maximum atomic E-state index is 10.0. The molecular formula is C34H58B3BrN2O8. The van der Waals surface area contributed by atoms with Gasteiger partial charge in [0.1, 0.15) is 7.74 Å². The number of pyridine rings is 2. The minimum Gasteiger partial charge on any atom is -0.411 e. The standard InChI is InChI=1S/C14H22BNO3.C8H10BrNO.C6H12B2O2.C6H14O2/c1-12(2,17)10-7-11(9-16-8-10)15-18-13(3,4)14(5,6)19-15;1-8(2,11)6-3-7(9)5-10-4-6;1-5(2)6(3,4)10-8(7)9-5;1-5(2,7)6(3,4)8/h7-9,17H,1-6H3;3-5,11H,1-2H3;1-4H3;7-8H,1-4H3. The molecule has 4 heterocycles. The van der Waals surface area contributed by atoms with Gasteiger partial charge in [0.25, 0.3) is 0 Å². The molecule has 2 aromatic rings. The zero-order valence-corrected chi connectivity index (χ0v) is 33.5. The predicted molar refractivity (Wildman–Crippen MR) is 197 cm³/mol. The molecule has 0 amide bonds. The molecule has 2 aliphatic rings. The highest BCUT2D eigenvalue weighted by Crippen LogP contribution is 2.37. The molecule has 0 spiro atoms. The molecule has 2 saturated heterocycles. The minimum absolute atomic E-state index is 0.285. The Labute approximate surface area is 299 Å². The molecule has 2 radical (unpaired) electrons. The fraction of sp³-hybridized carbons (Fsp3) is 0.706. The van der Waals surface area contributed by atoms with E-state index in [2.05, 4.69) is 25.9 Å². The number of aromatic nitrogens is 2. The van der Waals surface area contributed by atoms with Gasteiger partial charge in [-0.05, 0) is 133 Å². The van der Waals surface area contributed by atoms with E-state index < -0.39 is 36.5 Å². The minimum atomic E-state index is -1.01. The van der Waals surface area contributed by atoms with E-state index in [1.54, 1.807) is 80.2 Å². The fourth-order valence-electron chi connectivity index (χ4n) is 3.54. The molecule has 10 nitrogen and oxygen atoms in total. The topological polar surface area (TPSA) is 144 Å². The summed E-state index contributed by atoms with van der Waals surface area (Å²) in [5, 5.41) is 37.8. The SMILES string of the molecule is CC(C)(O)C(C)(C)O.CC(C)(O)c1cncc(B2OC(C)(C)C(C)(C)O2)c1.CC(C)(O)c1cncc(Br)c1.[B]B1OC(C)(C)C(C)(C)O1. The maximum absolute atomic E-state index is 10.0. The summed E-state index contributed by atoms with van der Waals surface area (Å²) in [6.45, 7) is 29.2. The lowest BCUT2D eigenvalue weighted by Crippen LogP contribution is -2.44. The van der Waals surface area contributed by atoms with Crippen molar-refractivity contribution in [3.8, 4) is 0 Å². The summed E-state index contributed by atoms with van der Waals surface area (Å²) in [6, 6.07) is 3.74. The Morgan fingerprint density at radius 1 is 0.583 bits per heavy atom. The Morgan fingerprint density at radius 2 is 0.917 bits per heavy atom. The van der Waals surface area contributed by atoms with E-state index in [1.807, 2.05) is 67.5 Å². The van der Waals surface area contributed by atoms with Crippen LogP contribution in [-0.4, -0.2) is 85.9 Å². The van der Waals surface area contributed by atoms with E-state index >= 15 is 0 Å². The average Bonchev–Trinajstić information content (AvgIpc) is 3.20. The quantitative estimate of drug-likeness (QED) is 0.319. The van der Waals surface area contributed by atoms with Crippen molar-refractivity contribution in [1.82, 2.24) is 9.97 Å². The van der Waals surface area contributed by atoms with Crippen LogP contribution in [0.4, 0.5) is 0 Å². The molecule has 2 aromatic heterocycles. The maximum Gasteiger partial charge on any atom is 0.496 e. The fourth-order valence-corrected chi connectivity index (χ4v) is 3.90. The number of hydrogen-bond acceptors (Lipinski definition) is 10. The Balaban J connectivity index is 0.000000342. The van der Waals surface area contributed by atoms with Crippen LogP contribution in [-0.2, 0) is 29.8 Å². The van der Waals surface area contributed by atoms with E-state index in [4.69, 9.17) is 36.6 Å². The van der Waals surface area contributed by atoms with Gasteiger partial charge in [0, 0.05) is 45.8 Å². The Bertz CT molecular complexity index is 1290. The summed E-state index contributed by atoms with van der Waals surface area (Å²) >= 11 is 3.28. The highest BCUT2D eigenvalue weighted by molar-refractivity contribution is 9.10. The number of hydrogen-bond donors (Lipinski definition) is 4. The van der Waals surface area contributed by atoms with Crippen LogP contribution in [0.2, 0.25) is 0 Å². The second kappa shape index (κ2) is 15.5. The average molecular weight is 735 g/mol. The lowest BCUT2D eigenvalue weighted by molar-refractivity contribution is -0.107. The Kier molecular flexibility index (Phi) is 14.4. The van der Waals surface area contributed by atoms with Crippen LogP contribution < -0.4 is 5.46 Å². The smallest absolute Gasteiger partial charge is 0.411 e. The molecule has 0 aliphatic carbocycles. The highest BCUT2D eigenvalue weighted by Gasteiger charge is 2.52. The van der Waals surface area contributed by atoms with E-state index in [9.17, 15) is 10.2 Å². The van der Waals surface area contributed by atoms with Crippen molar-refractivity contribution < 1.29 is 39.0 Å². The van der Waals surface area contributed by atoms with Crippen molar-refractivity contribution in [1.29, 1.82) is 0 Å². The molecule has 0 aromatic carbocycles. The second-order valence-electron chi connectivity index (χ2n) is 16.3. The lowest BCUT2D eigenvalue weighted by Gasteiger charge is -2.32. The van der Waals surface area contributed by atoms with Gasteiger partial charge in [0.15, 0.2) is 0 Å². The Morgan fingerprint density at radius 3 is 1.19 bits per heavy atom. The van der Waals surface area contributed by atoms with Crippen LogP contribution in [0.25, 0.3) is 0 Å². The largest absolute Gasteiger partial charge is 0.496 e. The summed E-state index contributed by atoms with van der Waals surface area (Å²) in [5.74, 6) is 0. The van der Waals surface area contributed by atoms with E-state index in [0.29, 0.717) is 0 Å². The van der Waals surface area contributed by atoms with Crippen molar-refractivity contribution in [2.45, 2.75) is 156 Å². The predicted octanol–water partition coefficient (Wildman–Crippen LogP) is 4.95. The highest BCUT2D eigenvalue weighted by atomic mass is 79.9. The van der Waals surface area contributed by atoms with Gasteiger partial charge >= 0.3 is 14.1 Å². The van der Waals surface area contributed by atoms with Crippen LogP contribution in [0.15, 0.2) is 41.4 Å². The summed E-state index contributed by atoms with van der Waals surface area (Å²) in [7, 11) is 4.43. The van der Waals surface area contributed by atoms with E-state index in [1.165, 1.54) is 0 Å². The Hall–Kier alpha value is -1.35. The molecule has 0 unspecified atom stereocenters. The first kappa shape index (κ1) is 44.7. The number of rotatable bonds is 4. The van der Waals surface area contributed by atoms with Crippen LogP contribution in [0.3, 0.4) is 0 Å². The van der Waals surface area contributed by atoms with E-state index in [-0.39, 0.29) is 22.4 Å². The molecule has 4 rings (SSSR count). The van der Waals surface area contributed by atoms with Crippen molar-refractivity contribution in [2.24, 2.45) is 0 Å². The molecule has 48 heavy (non-hydrogen) atoms. The number of aliphatic hydroxyl groups is 4. The molecule has 4 N–H and O–H groups in total. The number of nitrogens with zero attached hydrogens (tertiary/aromatic N) is 2. The monoisotopic (exact) mass is 734 g/mol. The third-order valence-corrected chi connectivity index (χ3v) is 9.60. The van der Waals surface area contributed by atoms with Crippen molar-refractivity contribution in [3.63, 3.8) is 0 Å². The van der Waals surface area contributed by atoms with E-state index in [0.717, 1.165) is 21.1 Å². The zero-order chi connectivity index (χ0) is 37.9. The second-order valence-corrected chi connectivity index (χ2v) is 17.3. The molecular weight excluding hydrogens is 677 g/mol. The first-order valence-corrected chi connectivity index (χ1v) is 16.8. The summed E-state index contributed by atoms with van der Waals surface area (Å²) in [5.41, 5.74) is -2.67. The summed E-state index contributed by atoms with van der Waals surface area (Å²) < 4.78 is 23.5. The molecule has 0 bridgehead atoms. The van der Waals surface area contributed by atoms with Crippen molar-refractivity contribution in [2.75, 3.05) is 0 Å². The zero-order valence-electron chi connectivity index (χ0n) is 31.9. The normalized spacial score (nSPS) is 19.7. The van der Waals surface area contributed by atoms with Crippen LogP contribution in [0.1, 0.15) is 122 Å². The van der Waals surface area contributed by atoms with Gasteiger partial charge in [-0.25, -0.2) is 0 Å². The van der Waals surface area contributed by atoms with Gasteiger partial charge in [-0.15, -0.1) is 0 Å². The van der Waals surface area contributed by atoms with Gasteiger partial charge in [0.2, 0.25) is 0 Å².